The average molecular weight is 171 g/mol. The van der Waals surface area contributed by atoms with Gasteiger partial charge >= 0.3 is 6.09 Å². The molecule has 2 N–H and O–H groups in total. The van der Waals surface area contributed by atoms with Gasteiger partial charge < -0.3 is 10.5 Å². The van der Waals surface area contributed by atoms with Crippen molar-refractivity contribution in [2.75, 3.05) is 0 Å². The van der Waals surface area contributed by atoms with E-state index in [-0.39, 0.29) is 5.78 Å². The molecule has 1 fully saturated rings. The quantitative estimate of drug-likeness (QED) is 0.639. The Morgan fingerprint density at radius 2 is 2.33 bits per heavy atom. The summed E-state index contributed by atoms with van der Waals surface area (Å²) in [6, 6.07) is 0. The first-order chi connectivity index (χ1) is 5.52. The summed E-state index contributed by atoms with van der Waals surface area (Å²) in [5.41, 5.74) is 4.23. The maximum atomic E-state index is 11.0. The van der Waals surface area contributed by atoms with Crippen LogP contribution >= 0.6 is 0 Å². The summed E-state index contributed by atoms with van der Waals surface area (Å²) in [6.45, 7) is 1.74. The zero-order valence-electron chi connectivity index (χ0n) is 7.13. The zero-order valence-corrected chi connectivity index (χ0v) is 7.13. The first kappa shape index (κ1) is 9.03. The van der Waals surface area contributed by atoms with Crippen molar-refractivity contribution < 1.29 is 14.3 Å². The molecule has 1 saturated carbocycles. The van der Waals surface area contributed by atoms with Crippen LogP contribution in [-0.4, -0.2) is 17.5 Å². The summed E-state index contributed by atoms with van der Waals surface area (Å²) in [5, 5.41) is 0. The van der Waals surface area contributed by atoms with Crippen LogP contribution in [0.2, 0.25) is 0 Å². The molecule has 4 nitrogen and oxygen atoms in total. The van der Waals surface area contributed by atoms with E-state index in [1.165, 1.54) is 0 Å². The van der Waals surface area contributed by atoms with Crippen LogP contribution in [0.15, 0.2) is 0 Å². The third-order valence-corrected chi connectivity index (χ3v) is 2.08. The van der Waals surface area contributed by atoms with E-state index in [9.17, 15) is 9.59 Å². The number of amides is 1. The Bertz CT molecular complexity index is 210. The maximum Gasteiger partial charge on any atom is 0.405 e. The minimum atomic E-state index is -0.799. The van der Waals surface area contributed by atoms with E-state index in [1.54, 1.807) is 6.92 Å². The molecule has 0 spiro atoms. The number of hydrogen-bond donors (Lipinski definition) is 1. The predicted octanol–water partition coefficient (Wildman–Crippen LogP) is 0.984. The van der Waals surface area contributed by atoms with Gasteiger partial charge in [0.2, 0.25) is 0 Å². The second-order valence-electron chi connectivity index (χ2n) is 3.44. The van der Waals surface area contributed by atoms with Crippen LogP contribution < -0.4 is 5.73 Å². The highest BCUT2D eigenvalue weighted by molar-refractivity contribution is 5.80. The molecule has 0 aromatic carbocycles. The Morgan fingerprint density at radius 1 is 1.67 bits per heavy atom. The van der Waals surface area contributed by atoms with Crippen LogP contribution in [-0.2, 0) is 9.53 Å². The molecule has 0 aromatic heterocycles. The average Bonchev–Trinajstić information content (AvgIpc) is 1.82. The number of ether oxygens (including phenoxy) is 1. The first-order valence-electron chi connectivity index (χ1n) is 4.02. The van der Waals surface area contributed by atoms with Crippen molar-refractivity contribution >= 4 is 11.9 Å². The first-order valence-corrected chi connectivity index (χ1v) is 4.02. The second kappa shape index (κ2) is 3.13. The SMILES string of the molecule is CC1(OC(N)=O)CCCC(=O)C1. The fourth-order valence-corrected chi connectivity index (χ4v) is 1.58. The third-order valence-electron chi connectivity index (χ3n) is 2.08. The van der Waals surface area contributed by atoms with Gasteiger partial charge in [-0.3, -0.25) is 4.79 Å². The molecule has 1 unspecified atom stereocenters. The summed E-state index contributed by atoms with van der Waals surface area (Å²) in [5.74, 6) is 0.144. The van der Waals surface area contributed by atoms with Crippen LogP contribution in [0, 0.1) is 0 Å². The van der Waals surface area contributed by atoms with Gasteiger partial charge in [-0.05, 0) is 19.8 Å². The number of carbonyl (C=O) groups excluding carboxylic acids is 2. The largest absolute Gasteiger partial charge is 0.443 e. The van der Waals surface area contributed by atoms with Crippen molar-refractivity contribution in [2.24, 2.45) is 5.73 Å². The van der Waals surface area contributed by atoms with Crippen molar-refractivity contribution in [3.8, 4) is 0 Å². The normalized spacial score (nSPS) is 29.9. The molecule has 0 aromatic rings. The van der Waals surface area contributed by atoms with E-state index in [0.717, 1.165) is 12.8 Å². The van der Waals surface area contributed by atoms with E-state index in [0.29, 0.717) is 12.8 Å². The van der Waals surface area contributed by atoms with E-state index in [4.69, 9.17) is 10.5 Å². The third kappa shape index (κ3) is 2.22. The van der Waals surface area contributed by atoms with Gasteiger partial charge in [0.05, 0.1) is 0 Å². The van der Waals surface area contributed by atoms with Crippen LogP contribution in [0.3, 0.4) is 0 Å². The Labute approximate surface area is 71.1 Å². The molecule has 12 heavy (non-hydrogen) atoms. The summed E-state index contributed by atoms with van der Waals surface area (Å²) < 4.78 is 4.87. The minimum Gasteiger partial charge on any atom is -0.443 e. The van der Waals surface area contributed by atoms with E-state index in [1.807, 2.05) is 0 Å². The standard InChI is InChI=1S/C8H13NO3/c1-8(12-7(9)11)4-2-3-6(10)5-8/h2-5H2,1H3,(H2,9,11). The molecule has 0 bridgehead atoms. The molecule has 0 saturated heterocycles. The molecule has 0 radical (unpaired) electrons. The molecular weight excluding hydrogens is 158 g/mol. The van der Waals surface area contributed by atoms with Crippen molar-refractivity contribution in [2.45, 2.75) is 38.2 Å². The summed E-state index contributed by atoms with van der Waals surface area (Å²) in [4.78, 5) is 21.5. The van der Waals surface area contributed by atoms with E-state index < -0.39 is 11.7 Å². The van der Waals surface area contributed by atoms with Crippen LogP contribution in [0.4, 0.5) is 4.79 Å². The summed E-state index contributed by atoms with van der Waals surface area (Å²) >= 11 is 0. The van der Waals surface area contributed by atoms with Gasteiger partial charge in [-0.15, -0.1) is 0 Å². The fraction of sp³-hybridized carbons (Fsp3) is 0.750. The van der Waals surface area contributed by atoms with Gasteiger partial charge in [0.1, 0.15) is 11.4 Å². The Hall–Kier alpha value is -1.06. The molecule has 0 heterocycles. The Balaban J connectivity index is 2.57. The highest BCUT2D eigenvalue weighted by Crippen LogP contribution is 2.28. The van der Waals surface area contributed by atoms with Gasteiger partial charge in [-0.25, -0.2) is 4.79 Å². The number of carbonyl (C=O) groups is 2. The van der Waals surface area contributed by atoms with Crippen LogP contribution in [0.5, 0.6) is 0 Å². The molecular formula is C8H13NO3. The Morgan fingerprint density at radius 3 is 2.83 bits per heavy atom. The second-order valence-corrected chi connectivity index (χ2v) is 3.44. The summed E-state index contributed by atoms with van der Waals surface area (Å²) in [6.07, 6.45) is 1.60. The smallest absolute Gasteiger partial charge is 0.405 e. The number of ketones is 1. The molecule has 1 aliphatic rings. The molecule has 68 valence electrons. The number of hydrogen-bond acceptors (Lipinski definition) is 3. The molecule has 4 heteroatoms. The monoisotopic (exact) mass is 171 g/mol. The molecule has 1 rings (SSSR count). The van der Waals surface area contributed by atoms with Crippen LogP contribution in [0.25, 0.3) is 0 Å². The van der Waals surface area contributed by atoms with Gasteiger partial charge in [0.25, 0.3) is 0 Å². The highest BCUT2D eigenvalue weighted by Gasteiger charge is 2.34. The van der Waals surface area contributed by atoms with E-state index >= 15 is 0 Å². The van der Waals surface area contributed by atoms with Crippen molar-refractivity contribution in [1.82, 2.24) is 0 Å². The summed E-state index contributed by atoms with van der Waals surface area (Å²) in [7, 11) is 0. The zero-order chi connectivity index (χ0) is 9.19. The van der Waals surface area contributed by atoms with Gasteiger partial charge in [0.15, 0.2) is 0 Å². The van der Waals surface area contributed by atoms with Gasteiger partial charge in [0, 0.05) is 12.8 Å². The maximum absolute atomic E-state index is 11.0. The van der Waals surface area contributed by atoms with Gasteiger partial charge in [-0.1, -0.05) is 0 Å². The topological polar surface area (TPSA) is 69.4 Å². The Kier molecular flexibility index (Phi) is 2.35. The van der Waals surface area contributed by atoms with E-state index in [2.05, 4.69) is 0 Å². The molecule has 1 aliphatic carbocycles. The lowest BCUT2D eigenvalue weighted by molar-refractivity contribution is -0.126. The number of Topliss-reactive ketones (excluding diaryl/α,β-unsaturated/α-hetero) is 1. The molecule has 1 amide bonds. The van der Waals surface area contributed by atoms with Gasteiger partial charge in [-0.2, -0.15) is 0 Å². The number of primary amides is 1. The number of nitrogens with two attached hydrogens (primary N) is 1. The predicted molar refractivity (Wildman–Crippen MR) is 42.5 cm³/mol. The number of rotatable bonds is 1. The lowest BCUT2D eigenvalue weighted by Gasteiger charge is -2.31. The lowest BCUT2D eigenvalue weighted by atomic mass is 9.85. The molecule has 1 atom stereocenters. The molecule has 0 aliphatic heterocycles. The lowest BCUT2D eigenvalue weighted by Crippen LogP contribution is -2.39. The van der Waals surface area contributed by atoms with Crippen molar-refractivity contribution in [3.05, 3.63) is 0 Å². The highest BCUT2D eigenvalue weighted by atomic mass is 16.6. The fourth-order valence-electron chi connectivity index (χ4n) is 1.58. The van der Waals surface area contributed by atoms with Crippen molar-refractivity contribution in [3.63, 3.8) is 0 Å². The minimum absolute atomic E-state index is 0.144. The van der Waals surface area contributed by atoms with Crippen molar-refractivity contribution in [1.29, 1.82) is 0 Å². The van der Waals surface area contributed by atoms with Crippen LogP contribution in [0.1, 0.15) is 32.6 Å².